The fourth-order valence-electron chi connectivity index (χ4n) is 0.941. The SMILES string of the molecule is CC(C)CCCC(N=O)C(=O)O. The molecule has 70 valence electrons. The first-order chi connectivity index (χ1) is 5.57. The van der Waals surface area contributed by atoms with Crippen LogP contribution in [0.1, 0.15) is 33.1 Å². The van der Waals surface area contributed by atoms with Gasteiger partial charge in [-0.2, -0.15) is 0 Å². The molecule has 1 N–H and O–H groups in total. The Hall–Kier alpha value is -0.930. The van der Waals surface area contributed by atoms with Crippen molar-refractivity contribution in [3.05, 3.63) is 4.91 Å². The standard InChI is InChI=1S/C8H15NO3/c1-6(2)4-3-5-7(9-12)8(10)11/h6-7H,3-5H2,1-2H3,(H,10,11). The zero-order chi connectivity index (χ0) is 9.56. The first kappa shape index (κ1) is 11.1. The van der Waals surface area contributed by atoms with Crippen LogP contribution >= 0.6 is 0 Å². The summed E-state index contributed by atoms with van der Waals surface area (Å²) in [6, 6.07) is -1.05. The summed E-state index contributed by atoms with van der Waals surface area (Å²) < 4.78 is 0. The third-order valence-electron chi connectivity index (χ3n) is 1.67. The van der Waals surface area contributed by atoms with E-state index in [4.69, 9.17) is 5.11 Å². The number of hydrogen-bond donors (Lipinski definition) is 1. The minimum absolute atomic E-state index is 0.358. The Bertz CT molecular complexity index is 156. The Labute approximate surface area is 71.9 Å². The number of nitroso groups, excluding NO2 is 1. The molecule has 1 unspecified atom stereocenters. The average Bonchev–Trinajstić information content (AvgIpc) is 1.96. The van der Waals surface area contributed by atoms with Gasteiger partial charge in [-0.15, -0.1) is 4.91 Å². The second-order valence-electron chi connectivity index (χ2n) is 3.28. The van der Waals surface area contributed by atoms with Gasteiger partial charge in [0.05, 0.1) is 0 Å². The van der Waals surface area contributed by atoms with Crippen molar-refractivity contribution in [3.8, 4) is 0 Å². The van der Waals surface area contributed by atoms with Crippen molar-refractivity contribution < 1.29 is 9.90 Å². The molecular weight excluding hydrogens is 158 g/mol. The van der Waals surface area contributed by atoms with Gasteiger partial charge in [0.2, 0.25) is 0 Å². The van der Waals surface area contributed by atoms with E-state index in [1.165, 1.54) is 0 Å². The Morgan fingerprint density at radius 3 is 2.33 bits per heavy atom. The molecule has 4 nitrogen and oxygen atoms in total. The Balaban J connectivity index is 3.59. The van der Waals surface area contributed by atoms with Crippen molar-refractivity contribution in [2.24, 2.45) is 11.1 Å². The minimum atomic E-state index is -1.12. The maximum Gasteiger partial charge on any atom is 0.332 e. The average molecular weight is 173 g/mol. The van der Waals surface area contributed by atoms with Crippen LogP contribution in [0, 0.1) is 10.8 Å². The van der Waals surface area contributed by atoms with Crippen LogP contribution in [0.5, 0.6) is 0 Å². The lowest BCUT2D eigenvalue weighted by Crippen LogP contribution is -2.16. The normalized spacial score (nSPS) is 12.9. The van der Waals surface area contributed by atoms with Gasteiger partial charge in [-0.1, -0.05) is 31.9 Å². The molecule has 0 amide bonds. The van der Waals surface area contributed by atoms with Crippen LogP contribution < -0.4 is 0 Å². The molecule has 0 rings (SSSR count). The molecular formula is C8H15NO3. The molecule has 1 atom stereocenters. The van der Waals surface area contributed by atoms with Crippen molar-refractivity contribution in [3.63, 3.8) is 0 Å². The van der Waals surface area contributed by atoms with Crippen LogP contribution in [-0.4, -0.2) is 17.1 Å². The largest absolute Gasteiger partial charge is 0.480 e. The third-order valence-corrected chi connectivity index (χ3v) is 1.67. The van der Waals surface area contributed by atoms with Crippen LogP contribution in [0.15, 0.2) is 5.18 Å². The highest BCUT2D eigenvalue weighted by Crippen LogP contribution is 2.10. The van der Waals surface area contributed by atoms with Gasteiger partial charge in [0.15, 0.2) is 6.04 Å². The first-order valence-electron chi connectivity index (χ1n) is 4.13. The number of carboxylic acids is 1. The fourth-order valence-corrected chi connectivity index (χ4v) is 0.941. The van der Waals surface area contributed by atoms with Gasteiger partial charge in [-0.25, -0.2) is 4.79 Å². The van der Waals surface area contributed by atoms with Crippen LogP contribution in [0.2, 0.25) is 0 Å². The van der Waals surface area contributed by atoms with E-state index in [1.807, 2.05) is 0 Å². The second-order valence-corrected chi connectivity index (χ2v) is 3.28. The highest BCUT2D eigenvalue weighted by Gasteiger charge is 2.16. The Morgan fingerprint density at radius 2 is 2.00 bits per heavy atom. The van der Waals surface area contributed by atoms with Crippen LogP contribution in [0.3, 0.4) is 0 Å². The summed E-state index contributed by atoms with van der Waals surface area (Å²) in [5, 5.41) is 11.0. The predicted molar refractivity (Wildman–Crippen MR) is 45.9 cm³/mol. The summed E-state index contributed by atoms with van der Waals surface area (Å²) >= 11 is 0. The summed E-state index contributed by atoms with van der Waals surface area (Å²) in [7, 11) is 0. The van der Waals surface area contributed by atoms with E-state index in [-0.39, 0.29) is 0 Å². The van der Waals surface area contributed by atoms with Gasteiger partial charge in [0, 0.05) is 0 Å². The van der Waals surface area contributed by atoms with Crippen molar-refractivity contribution in [2.45, 2.75) is 39.2 Å². The first-order valence-corrected chi connectivity index (χ1v) is 4.13. The van der Waals surface area contributed by atoms with E-state index in [9.17, 15) is 9.70 Å². The summed E-state index contributed by atoms with van der Waals surface area (Å²) in [4.78, 5) is 20.3. The lowest BCUT2D eigenvalue weighted by molar-refractivity contribution is -0.138. The minimum Gasteiger partial charge on any atom is -0.480 e. The number of rotatable bonds is 6. The number of carbonyl (C=O) groups is 1. The molecule has 4 heteroatoms. The molecule has 0 radical (unpaired) electrons. The van der Waals surface area contributed by atoms with E-state index in [1.54, 1.807) is 0 Å². The number of carboxylic acid groups (broad SMARTS) is 1. The van der Waals surface area contributed by atoms with E-state index < -0.39 is 12.0 Å². The second kappa shape index (κ2) is 5.69. The zero-order valence-electron chi connectivity index (χ0n) is 7.49. The summed E-state index contributed by atoms with van der Waals surface area (Å²) in [6.07, 6.45) is 2.05. The monoisotopic (exact) mass is 173 g/mol. The Morgan fingerprint density at radius 1 is 1.42 bits per heavy atom. The predicted octanol–water partition coefficient (Wildman–Crippen LogP) is 2.03. The molecule has 12 heavy (non-hydrogen) atoms. The van der Waals surface area contributed by atoms with Crippen molar-refractivity contribution >= 4 is 5.97 Å². The number of hydrogen-bond acceptors (Lipinski definition) is 3. The molecule has 0 aromatic carbocycles. The zero-order valence-corrected chi connectivity index (χ0v) is 7.49. The molecule has 0 spiro atoms. The molecule has 0 saturated heterocycles. The Kier molecular flexibility index (Phi) is 5.25. The van der Waals surface area contributed by atoms with E-state index in [0.29, 0.717) is 12.3 Å². The topological polar surface area (TPSA) is 66.7 Å². The van der Waals surface area contributed by atoms with Gasteiger partial charge in [0.25, 0.3) is 0 Å². The smallest absolute Gasteiger partial charge is 0.332 e. The van der Waals surface area contributed by atoms with Gasteiger partial charge in [-0.05, 0) is 12.3 Å². The molecule has 0 fully saturated rings. The quantitative estimate of drug-likeness (QED) is 0.625. The third kappa shape index (κ3) is 4.82. The highest BCUT2D eigenvalue weighted by atomic mass is 16.4. The molecule has 0 heterocycles. The van der Waals surface area contributed by atoms with Gasteiger partial charge < -0.3 is 5.11 Å². The van der Waals surface area contributed by atoms with Crippen molar-refractivity contribution in [1.29, 1.82) is 0 Å². The lowest BCUT2D eigenvalue weighted by Gasteiger charge is -2.05. The van der Waals surface area contributed by atoms with Gasteiger partial charge in [0.1, 0.15) is 0 Å². The fraction of sp³-hybridized carbons (Fsp3) is 0.875. The van der Waals surface area contributed by atoms with E-state index >= 15 is 0 Å². The van der Waals surface area contributed by atoms with Crippen LogP contribution in [0.25, 0.3) is 0 Å². The molecule has 0 aromatic heterocycles. The maximum atomic E-state index is 10.3. The van der Waals surface area contributed by atoms with Crippen LogP contribution in [-0.2, 0) is 4.79 Å². The van der Waals surface area contributed by atoms with E-state index in [0.717, 1.165) is 12.8 Å². The molecule has 0 saturated carbocycles. The van der Waals surface area contributed by atoms with E-state index in [2.05, 4.69) is 19.0 Å². The van der Waals surface area contributed by atoms with Gasteiger partial charge in [-0.3, -0.25) is 0 Å². The maximum absolute atomic E-state index is 10.3. The summed E-state index contributed by atoms with van der Waals surface area (Å²) in [5.74, 6) is -0.570. The van der Waals surface area contributed by atoms with Gasteiger partial charge >= 0.3 is 5.97 Å². The summed E-state index contributed by atoms with van der Waals surface area (Å²) in [5.41, 5.74) is 0. The molecule has 0 aliphatic rings. The van der Waals surface area contributed by atoms with Crippen molar-refractivity contribution in [2.75, 3.05) is 0 Å². The molecule has 0 bridgehead atoms. The van der Waals surface area contributed by atoms with Crippen LogP contribution in [0.4, 0.5) is 0 Å². The molecule has 0 aliphatic heterocycles. The molecule has 0 aromatic rings. The van der Waals surface area contributed by atoms with Crippen molar-refractivity contribution in [1.82, 2.24) is 0 Å². The highest BCUT2D eigenvalue weighted by molar-refractivity contribution is 5.73. The molecule has 0 aliphatic carbocycles. The number of nitrogens with zero attached hydrogens (tertiary/aromatic N) is 1. The number of aliphatic carboxylic acids is 1. The lowest BCUT2D eigenvalue weighted by atomic mass is 10.0. The summed E-state index contributed by atoms with van der Waals surface area (Å²) in [6.45, 7) is 4.12.